The summed E-state index contributed by atoms with van der Waals surface area (Å²) in [5, 5.41) is 0. The second kappa shape index (κ2) is 2.57. The molecule has 0 unspecified atom stereocenters. The maximum atomic E-state index is 10.5. The number of carbonyl (C=O) groups is 1. The molecule has 60 valence electrons. The van der Waals surface area contributed by atoms with Crippen LogP contribution in [0.5, 0.6) is 0 Å². The fourth-order valence-corrected chi connectivity index (χ4v) is 1.18. The van der Waals surface area contributed by atoms with Gasteiger partial charge in [-0.3, -0.25) is 4.79 Å². The standard InChI is InChI=1S/C8H4O3S/c9-4-5-2-1-3-6-7(5)11-8(12)10-6/h1-4H. The van der Waals surface area contributed by atoms with E-state index in [1.807, 2.05) is 0 Å². The smallest absolute Gasteiger partial charge is 0.363 e. The fourth-order valence-electron chi connectivity index (χ4n) is 1.01. The average Bonchev–Trinajstić information content (AvgIpc) is 2.44. The third kappa shape index (κ3) is 0.967. The molecule has 0 bridgehead atoms. The Kier molecular flexibility index (Phi) is 1.55. The Bertz CT molecular complexity index is 480. The normalized spacial score (nSPS) is 10.3. The van der Waals surface area contributed by atoms with E-state index in [4.69, 9.17) is 8.83 Å². The number of aldehydes is 1. The minimum absolute atomic E-state index is 0.0410. The highest BCUT2D eigenvalue weighted by Gasteiger charge is 2.05. The average molecular weight is 180 g/mol. The van der Waals surface area contributed by atoms with Crippen LogP contribution >= 0.6 is 12.2 Å². The summed E-state index contributed by atoms with van der Waals surface area (Å²) in [6.45, 7) is 0. The summed E-state index contributed by atoms with van der Waals surface area (Å²) in [6, 6.07) is 5.05. The summed E-state index contributed by atoms with van der Waals surface area (Å²) >= 11 is 4.67. The highest BCUT2D eigenvalue weighted by Crippen LogP contribution is 2.19. The van der Waals surface area contributed by atoms with Gasteiger partial charge >= 0.3 is 4.90 Å². The lowest BCUT2D eigenvalue weighted by Gasteiger charge is -1.87. The van der Waals surface area contributed by atoms with Crippen molar-refractivity contribution in [2.45, 2.75) is 0 Å². The first-order valence-electron chi connectivity index (χ1n) is 3.29. The molecule has 3 nitrogen and oxygen atoms in total. The molecule has 12 heavy (non-hydrogen) atoms. The highest BCUT2D eigenvalue weighted by molar-refractivity contribution is 7.71. The molecular weight excluding hydrogens is 176 g/mol. The van der Waals surface area contributed by atoms with Gasteiger partial charge in [0.05, 0.1) is 5.56 Å². The first kappa shape index (κ1) is 7.24. The lowest BCUT2D eigenvalue weighted by atomic mass is 10.2. The summed E-state index contributed by atoms with van der Waals surface area (Å²) in [7, 11) is 0. The predicted molar refractivity (Wildman–Crippen MR) is 44.7 cm³/mol. The molecule has 0 aliphatic rings. The largest absolute Gasteiger partial charge is 0.413 e. The van der Waals surface area contributed by atoms with Gasteiger partial charge in [0.25, 0.3) is 0 Å². The van der Waals surface area contributed by atoms with Gasteiger partial charge in [0, 0.05) is 12.2 Å². The van der Waals surface area contributed by atoms with E-state index in [0.29, 0.717) is 23.0 Å². The van der Waals surface area contributed by atoms with Gasteiger partial charge < -0.3 is 8.83 Å². The van der Waals surface area contributed by atoms with Gasteiger partial charge in [0.15, 0.2) is 17.5 Å². The Morgan fingerprint density at radius 3 is 2.92 bits per heavy atom. The van der Waals surface area contributed by atoms with Gasteiger partial charge in [-0.25, -0.2) is 0 Å². The van der Waals surface area contributed by atoms with Crippen LogP contribution in [0.15, 0.2) is 27.0 Å². The molecule has 0 saturated heterocycles. The van der Waals surface area contributed by atoms with Crippen molar-refractivity contribution in [2.24, 2.45) is 0 Å². The number of benzene rings is 1. The topological polar surface area (TPSA) is 43.4 Å². The van der Waals surface area contributed by atoms with Crippen LogP contribution in [-0.4, -0.2) is 6.29 Å². The van der Waals surface area contributed by atoms with E-state index in [-0.39, 0.29) is 4.90 Å². The molecule has 0 atom stereocenters. The summed E-state index contributed by atoms with van der Waals surface area (Å²) in [6.07, 6.45) is 0.704. The number of fused-ring (bicyclic) bond motifs is 1. The first-order chi connectivity index (χ1) is 5.81. The molecule has 0 N–H and O–H groups in total. The van der Waals surface area contributed by atoms with Gasteiger partial charge in [-0.1, -0.05) is 6.07 Å². The molecule has 4 heteroatoms. The predicted octanol–water partition coefficient (Wildman–Crippen LogP) is 2.57. The van der Waals surface area contributed by atoms with Crippen molar-refractivity contribution in [1.29, 1.82) is 0 Å². The lowest BCUT2D eigenvalue weighted by molar-refractivity contribution is 0.112. The van der Waals surface area contributed by atoms with Gasteiger partial charge in [-0.05, 0) is 12.1 Å². The number of hydrogen-bond donors (Lipinski definition) is 0. The van der Waals surface area contributed by atoms with Gasteiger partial charge in [0.2, 0.25) is 0 Å². The Hall–Kier alpha value is -1.42. The monoisotopic (exact) mass is 180 g/mol. The third-order valence-electron chi connectivity index (χ3n) is 1.52. The van der Waals surface area contributed by atoms with Crippen LogP contribution in [-0.2, 0) is 0 Å². The molecule has 0 saturated carbocycles. The van der Waals surface area contributed by atoms with E-state index in [2.05, 4.69) is 12.2 Å². The highest BCUT2D eigenvalue weighted by atomic mass is 32.1. The molecule has 2 rings (SSSR count). The minimum Gasteiger partial charge on any atom is -0.413 e. The van der Waals surface area contributed by atoms with E-state index < -0.39 is 0 Å². The zero-order chi connectivity index (χ0) is 8.55. The van der Waals surface area contributed by atoms with Gasteiger partial charge in [0.1, 0.15) is 0 Å². The zero-order valence-corrected chi connectivity index (χ0v) is 6.76. The minimum atomic E-state index is 0.0410. The molecule has 0 aliphatic heterocycles. The van der Waals surface area contributed by atoms with Crippen LogP contribution in [0.3, 0.4) is 0 Å². The Labute approximate surface area is 72.6 Å². The SMILES string of the molecule is O=Cc1cccc2oc(=S)oc12. The zero-order valence-electron chi connectivity index (χ0n) is 5.94. The number of rotatable bonds is 1. The van der Waals surface area contributed by atoms with Crippen molar-refractivity contribution in [3.63, 3.8) is 0 Å². The Morgan fingerprint density at radius 2 is 2.17 bits per heavy atom. The molecule has 0 aliphatic carbocycles. The van der Waals surface area contributed by atoms with Crippen LogP contribution in [0.1, 0.15) is 10.4 Å². The summed E-state index contributed by atoms with van der Waals surface area (Å²) in [5.41, 5.74) is 1.37. The van der Waals surface area contributed by atoms with E-state index in [0.717, 1.165) is 0 Å². The molecule has 0 fully saturated rings. The van der Waals surface area contributed by atoms with Crippen molar-refractivity contribution < 1.29 is 13.6 Å². The first-order valence-corrected chi connectivity index (χ1v) is 3.70. The lowest BCUT2D eigenvalue weighted by Crippen LogP contribution is -1.77. The van der Waals surface area contributed by atoms with Crippen LogP contribution in [0.25, 0.3) is 11.2 Å². The Morgan fingerprint density at radius 1 is 1.33 bits per heavy atom. The van der Waals surface area contributed by atoms with Crippen molar-refractivity contribution >= 4 is 29.7 Å². The maximum absolute atomic E-state index is 10.5. The van der Waals surface area contributed by atoms with E-state index in [1.165, 1.54) is 0 Å². The van der Waals surface area contributed by atoms with Crippen LogP contribution in [0, 0.1) is 4.90 Å². The molecule has 0 spiro atoms. The van der Waals surface area contributed by atoms with Gasteiger partial charge in [-0.2, -0.15) is 0 Å². The molecule has 0 radical (unpaired) electrons. The van der Waals surface area contributed by atoms with Gasteiger partial charge in [-0.15, -0.1) is 0 Å². The van der Waals surface area contributed by atoms with E-state index in [9.17, 15) is 4.79 Å². The maximum Gasteiger partial charge on any atom is 0.363 e. The molecular formula is C8H4O3S. The summed E-state index contributed by atoms with van der Waals surface area (Å²) in [4.78, 5) is 10.5. The third-order valence-corrected chi connectivity index (χ3v) is 1.68. The fraction of sp³-hybridized carbons (Fsp3) is 0. The number of carbonyl (C=O) groups excluding carboxylic acids is 1. The van der Waals surface area contributed by atoms with Crippen molar-refractivity contribution in [1.82, 2.24) is 0 Å². The molecule has 0 amide bonds. The molecule has 1 aromatic heterocycles. The number of para-hydroxylation sites is 1. The van der Waals surface area contributed by atoms with E-state index >= 15 is 0 Å². The molecule has 1 heterocycles. The number of hydrogen-bond acceptors (Lipinski definition) is 4. The molecule has 2 aromatic rings. The van der Waals surface area contributed by atoms with Crippen LogP contribution in [0.4, 0.5) is 0 Å². The van der Waals surface area contributed by atoms with Crippen LogP contribution in [0.2, 0.25) is 0 Å². The molecule has 1 aromatic carbocycles. The summed E-state index contributed by atoms with van der Waals surface area (Å²) < 4.78 is 10.0. The van der Waals surface area contributed by atoms with Crippen molar-refractivity contribution in [2.75, 3.05) is 0 Å². The summed E-state index contributed by atoms with van der Waals surface area (Å²) in [5.74, 6) is 0. The Balaban J connectivity index is 2.96. The second-order valence-corrected chi connectivity index (χ2v) is 2.58. The van der Waals surface area contributed by atoms with Crippen LogP contribution < -0.4 is 0 Å². The van der Waals surface area contributed by atoms with Crippen molar-refractivity contribution in [3.05, 3.63) is 28.7 Å². The van der Waals surface area contributed by atoms with E-state index in [1.54, 1.807) is 18.2 Å². The second-order valence-electron chi connectivity index (χ2n) is 2.25. The van der Waals surface area contributed by atoms with Crippen molar-refractivity contribution in [3.8, 4) is 0 Å². The quantitative estimate of drug-likeness (QED) is 0.499.